The lowest BCUT2D eigenvalue weighted by atomic mass is 10.0. The van der Waals surface area contributed by atoms with E-state index < -0.39 is 6.61 Å². The van der Waals surface area contributed by atoms with Crippen LogP contribution in [-0.2, 0) is 6.42 Å². The summed E-state index contributed by atoms with van der Waals surface area (Å²) in [4.78, 5) is 2.37. The molecule has 0 spiro atoms. The maximum atomic E-state index is 12.1. The SMILES string of the molecule is CC(CCc1ccc(OC(F)F)cc1)NC1CCN(C)CC1. The molecule has 1 fully saturated rings. The zero-order valence-corrected chi connectivity index (χ0v) is 13.4. The average molecular weight is 312 g/mol. The predicted molar refractivity (Wildman–Crippen MR) is 84.5 cm³/mol. The molecule has 22 heavy (non-hydrogen) atoms. The summed E-state index contributed by atoms with van der Waals surface area (Å²) in [5.74, 6) is 0.219. The lowest BCUT2D eigenvalue weighted by molar-refractivity contribution is -0.0498. The molecule has 0 aromatic heterocycles. The first-order valence-corrected chi connectivity index (χ1v) is 8.01. The van der Waals surface area contributed by atoms with E-state index in [1.807, 2.05) is 12.1 Å². The standard InChI is InChI=1S/C17H26F2N2O/c1-13(20-15-9-11-21(2)12-10-15)3-4-14-5-7-16(8-6-14)22-17(18)19/h5-8,13,15,17,20H,3-4,9-12H2,1-2H3. The number of halogens is 2. The Morgan fingerprint density at radius 1 is 1.23 bits per heavy atom. The Labute approximate surface area is 131 Å². The first-order chi connectivity index (χ1) is 10.5. The Balaban J connectivity index is 1.70. The van der Waals surface area contributed by atoms with E-state index in [4.69, 9.17) is 0 Å². The number of ether oxygens (including phenoxy) is 1. The van der Waals surface area contributed by atoms with Gasteiger partial charge in [-0.1, -0.05) is 12.1 Å². The van der Waals surface area contributed by atoms with Gasteiger partial charge in [-0.2, -0.15) is 8.78 Å². The predicted octanol–water partition coefficient (Wildman–Crippen LogP) is 3.29. The van der Waals surface area contributed by atoms with E-state index in [0.717, 1.165) is 31.5 Å². The van der Waals surface area contributed by atoms with Gasteiger partial charge in [0.2, 0.25) is 0 Å². The molecule has 0 saturated carbocycles. The van der Waals surface area contributed by atoms with Gasteiger partial charge in [0.25, 0.3) is 0 Å². The monoisotopic (exact) mass is 312 g/mol. The number of nitrogens with zero attached hydrogens (tertiary/aromatic N) is 1. The van der Waals surface area contributed by atoms with Gasteiger partial charge in [0.05, 0.1) is 0 Å². The van der Waals surface area contributed by atoms with Crippen molar-refractivity contribution in [3.63, 3.8) is 0 Å². The summed E-state index contributed by atoms with van der Waals surface area (Å²) < 4.78 is 28.5. The van der Waals surface area contributed by atoms with Crippen LogP contribution in [0.3, 0.4) is 0 Å². The topological polar surface area (TPSA) is 24.5 Å². The van der Waals surface area contributed by atoms with Crippen LogP contribution in [0.1, 0.15) is 31.7 Å². The van der Waals surface area contributed by atoms with E-state index in [9.17, 15) is 8.78 Å². The van der Waals surface area contributed by atoms with E-state index >= 15 is 0 Å². The van der Waals surface area contributed by atoms with Gasteiger partial charge in [-0.05, 0) is 70.4 Å². The van der Waals surface area contributed by atoms with Crippen molar-refractivity contribution in [2.75, 3.05) is 20.1 Å². The third kappa shape index (κ3) is 5.89. The van der Waals surface area contributed by atoms with Crippen LogP contribution in [0.25, 0.3) is 0 Å². The Kier molecular flexibility index (Phi) is 6.58. The van der Waals surface area contributed by atoms with E-state index in [0.29, 0.717) is 12.1 Å². The Morgan fingerprint density at radius 2 is 1.86 bits per heavy atom. The number of alkyl halides is 2. The fourth-order valence-electron chi connectivity index (χ4n) is 2.88. The molecule has 3 nitrogen and oxygen atoms in total. The van der Waals surface area contributed by atoms with Crippen molar-refractivity contribution in [1.82, 2.24) is 10.2 Å². The highest BCUT2D eigenvalue weighted by molar-refractivity contribution is 5.27. The number of aryl methyl sites for hydroxylation is 1. The Bertz CT molecular complexity index is 431. The van der Waals surface area contributed by atoms with Crippen molar-refractivity contribution >= 4 is 0 Å². The highest BCUT2D eigenvalue weighted by Gasteiger charge is 2.17. The Morgan fingerprint density at radius 3 is 2.45 bits per heavy atom. The highest BCUT2D eigenvalue weighted by Crippen LogP contribution is 2.16. The Hall–Kier alpha value is -1.20. The fourth-order valence-corrected chi connectivity index (χ4v) is 2.88. The second-order valence-corrected chi connectivity index (χ2v) is 6.21. The minimum absolute atomic E-state index is 0.219. The fraction of sp³-hybridized carbons (Fsp3) is 0.647. The molecule has 0 radical (unpaired) electrons. The van der Waals surface area contributed by atoms with Gasteiger partial charge >= 0.3 is 6.61 Å². The molecule has 1 aromatic carbocycles. The first kappa shape index (κ1) is 17.2. The van der Waals surface area contributed by atoms with E-state index in [-0.39, 0.29) is 5.75 Å². The summed E-state index contributed by atoms with van der Waals surface area (Å²) in [6, 6.07) is 8.02. The van der Waals surface area contributed by atoms with Crippen LogP contribution >= 0.6 is 0 Å². The van der Waals surface area contributed by atoms with Gasteiger partial charge in [0.1, 0.15) is 5.75 Å². The van der Waals surface area contributed by atoms with Gasteiger partial charge < -0.3 is 15.0 Å². The molecule has 5 heteroatoms. The summed E-state index contributed by atoms with van der Waals surface area (Å²) in [7, 11) is 2.17. The van der Waals surface area contributed by atoms with Gasteiger partial charge in [0.15, 0.2) is 0 Å². The second-order valence-electron chi connectivity index (χ2n) is 6.21. The number of hydrogen-bond acceptors (Lipinski definition) is 3. The van der Waals surface area contributed by atoms with Crippen molar-refractivity contribution in [3.05, 3.63) is 29.8 Å². The van der Waals surface area contributed by atoms with Crippen LogP contribution in [0.15, 0.2) is 24.3 Å². The van der Waals surface area contributed by atoms with Crippen LogP contribution in [0.2, 0.25) is 0 Å². The molecule has 124 valence electrons. The molecule has 0 bridgehead atoms. The normalized spacial score (nSPS) is 18.6. The van der Waals surface area contributed by atoms with Crippen LogP contribution < -0.4 is 10.1 Å². The smallest absolute Gasteiger partial charge is 0.387 e. The molecule has 1 N–H and O–H groups in total. The molecular weight excluding hydrogens is 286 g/mol. The minimum Gasteiger partial charge on any atom is -0.435 e. The van der Waals surface area contributed by atoms with Gasteiger partial charge in [-0.15, -0.1) is 0 Å². The van der Waals surface area contributed by atoms with Crippen molar-refractivity contribution < 1.29 is 13.5 Å². The number of piperidine rings is 1. The lowest BCUT2D eigenvalue weighted by Gasteiger charge is -2.31. The molecule has 1 atom stereocenters. The number of likely N-dealkylation sites (tertiary alicyclic amines) is 1. The van der Waals surface area contributed by atoms with Gasteiger partial charge in [-0.3, -0.25) is 0 Å². The van der Waals surface area contributed by atoms with Crippen molar-refractivity contribution in [3.8, 4) is 5.75 Å². The molecule has 0 amide bonds. The summed E-state index contributed by atoms with van der Waals surface area (Å²) >= 11 is 0. The number of nitrogens with one attached hydrogen (secondary N) is 1. The highest BCUT2D eigenvalue weighted by atomic mass is 19.3. The number of rotatable bonds is 7. The van der Waals surface area contributed by atoms with Crippen molar-refractivity contribution in [2.45, 2.75) is 51.3 Å². The van der Waals surface area contributed by atoms with Crippen LogP contribution in [0.4, 0.5) is 8.78 Å². The molecule has 1 heterocycles. The molecule has 2 rings (SSSR count). The zero-order chi connectivity index (χ0) is 15.9. The van der Waals surface area contributed by atoms with Crippen molar-refractivity contribution in [2.24, 2.45) is 0 Å². The third-order valence-electron chi connectivity index (χ3n) is 4.25. The van der Waals surface area contributed by atoms with Gasteiger partial charge in [0, 0.05) is 12.1 Å². The molecular formula is C17H26F2N2O. The van der Waals surface area contributed by atoms with Crippen LogP contribution in [0, 0.1) is 0 Å². The molecule has 1 aromatic rings. The quantitative estimate of drug-likeness (QED) is 0.836. The van der Waals surface area contributed by atoms with E-state index in [1.54, 1.807) is 12.1 Å². The third-order valence-corrected chi connectivity index (χ3v) is 4.25. The maximum absolute atomic E-state index is 12.1. The maximum Gasteiger partial charge on any atom is 0.387 e. The average Bonchev–Trinajstić information content (AvgIpc) is 2.48. The molecule has 1 aliphatic rings. The molecule has 0 aliphatic carbocycles. The minimum atomic E-state index is -2.76. The first-order valence-electron chi connectivity index (χ1n) is 8.01. The summed E-state index contributed by atoms with van der Waals surface area (Å²) in [6.45, 7) is 1.78. The number of hydrogen-bond donors (Lipinski definition) is 1. The van der Waals surface area contributed by atoms with Gasteiger partial charge in [-0.25, -0.2) is 0 Å². The molecule has 1 saturated heterocycles. The van der Waals surface area contributed by atoms with E-state index in [1.165, 1.54) is 12.8 Å². The summed E-state index contributed by atoms with van der Waals surface area (Å²) in [5, 5.41) is 3.70. The van der Waals surface area contributed by atoms with Crippen LogP contribution in [-0.4, -0.2) is 43.7 Å². The van der Waals surface area contributed by atoms with Crippen LogP contribution in [0.5, 0.6) is 5.75 Å². The summed E-state index contributed by atoms with van der Waals surface area (Å²) in [6.07, 6.45) is 4.40. The zero-order valence-electron chi connectivity index (χ0n) is 13.4. The lowest BCUT2D eigenvalue weighted by Crippen LogP contribution is -2.44. The molecule has 1 unspecified atom stereocenters. The second kappa shape index (κ2) is 8.44. The largest absolute Gasteiger partial charge is 0.435 e. The van der Waals surface area contributed by atoms with E-state index in [2.05, 4.69) is 28.9 Å². The van der Waals surface area contributed by atoms with Crippen molar-refractivity contribution in [1.29, 1.82) is 0 Å². The summed E-state index contributed by atoms with van der Waals surface area (Å²) in [5.41, 5.74) is 1.15. The number of benzene rings is 1. The molecule has 1 aliphatic heterocycles.